The van der Waals surface area contributed by atoms with Crippen LogP contribution in [-0.4, -0.2) is 29.0 Å². The minimum absolute atomic E-state index is 0.347. The van der Waals surface area contributed by atoms with Crippen LogP contribution in [0.5, 0.6) is 0 Å². The van der Waals surface area contributed by atoms with Crippen molar-refractivity contribution in [1.82, 2.24) is 15.1 Å². The minimum Gasteiger partial charge on any atom is -0.379 e. The second kappa shape index (κ2) is 8.27. The maximum Gasteiger partial charge on any atom is 0.0597 e. The molecule has 1 rings (SSSR count). The Morgan fingerprint density at radius 2 is 2.17 bits per heavy atom. The molecular weight excluding hydrogens is 226 g/mol. The minimum atomic E-state index is 0.347. The number of nitrogens with one attached hydrogen (secondary N) is 1. The van der Waals surface area contributed by atoms with Crippen LogP contribution in [0.15, 0.2) is 6.07 Å². The summed E-state index contributed by atoms with van der Waals surface area (Å²) >= 11 is 0. The fourth-order valence-corrected chi connectivity index (χ4v) is 1.90. The van der Waals surface area contributed by atoms with Crippen molar-refractivity contribution in [2.75, 3.05) is 13.2 Å². The largest absolute Gasteiger partial charge is 0.379 e. The lowest BCUT2D eigenvalue weighted by Crippen LogP contribution is -2.18. The van der Waals surface area contributed by atoms with Crippen LogP contribution in [-0.2, 0) is 17.8 Å². The Balaban J connectivity index is 2.10. The van der Waals surface area contributed by atoms with E-state index in [1.54, 1.807) is 0 Å². The molecule has 1 heterocycles. The predicted octanol–water partition coefficient (Wildman–Crippen LogP) is 2.51. The van der Waals surface area contributed by atoms with Gasteiger partial charge in [0.15, 0.2) is 0 Å². The van der Waals surface area contributed by atoms with Crippen LogP contribution in [0.25, 0.3) is 0 Å². The normalized spacial score (nSPS) is 11.4. The highest BCUT2D eigenvalue weighted by atomic mass is 16.5. The smallest absolute Gasteiger partial charge is 0.0597 e. The van der Waals surface area contributed by atoms with Crippen molar-refractivity contribution in [3.8, 4) is 0 Å². The number of hydrogen-bond donors (Lipinski definition) is 1. The monoisotopic (exact) mass is 253 g/mol. The molecule has 0 spiro atoms. The van der Waals surface area contributed by atoms with Gasteiger partial charge in [-0.1, -0.05) is 0 Å². The first-order valence-corrected chi connectivity index (χ1v) is 6.99. The summed E-state index contributed by atoms with van der Waals surface area (Å²) in [6.07, 6.45) is 2.63. The van der Waals surface area contributed by atoms with Crippen LogP contribution in [0.4, 0.5) is 0 Å². The van der Waals surface area contributed by atoms with Crippen molar-refractivity contribution in [3.05, 3.63) is 17.5 Å². The number of rotatable bonds is 9. The van der Waals surface area contributed by atoms with E-state index in [2.05, 4.69) is 41.9 Å². The molecule has 0 bridgehead atoms. The van der Waals surface area contributed by atoms with Gasteiger partial charge < -0.3 is 10.1 Å². The second-order valence-electron chi connectivity index (χ2n) is 4.90. The molecule has 0 aliphatic carbocycles. The summed E-state index contributed by atoms with van der Waals surface area (Å²) in [5.41, 5.74) is 2.37. The van der Waals surface area contributed by atoms with Crippen LogP contribution < -0.4 is 5.32 Å². The van der Waals surface area contributed by atoms with Crippen molar-refractivity contribution in [3.63, 3.8) is 0 Å². The molecule has 1 aromatic rings. The molecule has 4 heteroatoms. The third kappa shape index (κ3) is 5.65. The molecule has 4 nitrogen and oxygen atoms in total. The Morgan fingerprint density at radius 3 is 2.83 bits per heavy atom. The molecular formula is C14H27N3O. The predicted molar refractivity (Wildman–Crippen MR) is 74.7 cm³/mol. The summed E-state index contributed by atoms with van der Waals surface area (Å²) in [5.74, 6) is 0. The Morgan fingerprint density at radius 1 is 1.39 bits per heavy atom. The van der Waals surface area contributed by atoms with Gasteiger partial charge in [-0.05, 0) is 53.1 Å². The zero-order valence-corrected chi connectivity index (χ0v) is 12.2. The van der Waals surface area contributed by atoms with E-state index in [0.29, 0.717) is 6.10 Å². The number of nitrogens with zero attached hydrogens (tertiary/aromatic N) is 2. The summed E-state index contributed by atoms with van der Waals surface area (Å²) in [6, 6.07) is 2.15. The molecule has 1 N–H and O–H groups in total. The standard InChI is InChI=1S/C14H27N3O/c1-5-17-14(10-13(4)16-17)11-15-8-6-7-9-18-12(2)3/h10,12,15H,5-9,11H2,1-4H3. The van der Waals surface area contributed by atoms with Gasteiger partial charge in [0.05, 0.1) is 17.5 Å². The van der Waals surface area contributed by atoms with Gasteiger partial charge in [0.2, 0.25) is 0 Å². The van der Waals surface area contributed by atoms with Gasteiger partial charge in [-0.3, -0.25) is 4.68 Å². The SMILES string of the molecule is CCn1nc(C)cc1CNCCCCOC(C)C. The molecule has 1 aromatic heterocycles. The summed E-state index contributed by atoms with van der Waals surface area (Å²) in [7, 11) is 0. The van der Waals surface area contributed by atoms with Crippen LogP contribution in [0, 0.1) is 6.92 Å². The van der Waals surface area contributed by atoms with Crippen LogP contribution in [0.1, 0.15) is 45.0 Å². The molecule has 0 saturated heterocycles. The van der Waals surface area contributed by atoms with Crippen LogP contribution in [0.3, 0.4) is 0 Å². The van der Waals surface area contributed by atoms with Gasteiger partial charge in [-0.15, -0.1) is 0 Å². The lowest BCUT2D eigenvalue weighted by molar-refractivity contribution is 0.0760. The average molecular weight is 253 g/mol. The third-order valence-corrected chi connectivity index (χ3v) is 2.79. The van der Waals surface area contributed by atoms with Crippen molar-refractivity contribution in [2.24, 2.45) is 0 Å². The molecule has 0 aromatic carbocycles. The van der Waals surface area contributed by atoms with E-state index < -0.39 is 0 Å². The number of aromatic nitrogens is 2. The molecule has 0 amide bonds. The molecule has 0 aliphatic heterocycles. The third-order valence-electron chi connectivity index (χ3n) is 2.79. The average Bonchev–Trinajstić information content (AvgIpc) is 2.68. The Bertz CT molecular complexity index is 334. The lowest BCUT2D eigenvalue weighted by Gasteiger charge is -2.08. The Labute approximate surface area is 111 Å². The highest BCUT2D eigenvalue weighted by Crippen LogP contribution is 2.03. The molecule has 0 aliphatic rings. The van der Waals surface area contributed by atoms with E-state index in [1.807, 2.05) is 6.92 Å². The lowest BCUT2D eigenvalue weighted by atomic mass is 10.3. The molecule has 18 heavy (non-hydrogen) atoms. The van der Waals surface area contributed by atoms with E-state index in [0.717, 1.165) is 44.8 Å². The molecule has 0 unspecified atom stereocenters. The van der Waals surface area contributed by atoms with Crippen LogP contribution in [0.2, 0.25) is 0 Å². The fraction of sp³-hybridized carbons (Fsp3) is 0.786. The van der Waals surface area contributed by atoms with Gasteiger partial charge >= 0.3 is 0 Å². The zero-order chi connectivity index (χ0) is 13.4. The number of hydrogen-bond acceptors (Lipinski definition) is 3. The van der Waals surface area contributed by atoms with E-state index in [9.17, 15) is 0 Å². The Kier molecular flexibility index (Phi) is 6.98. The zero-order valence-electron chi connectivity index (χ0n) is 12.2. The maximum absolute atomic E-state index is 5.50. The molecule has 0 radical (unpaired) electrons. The van der Waals surface area contributed by atoms with Gasteiger partial charge in [0.25, 0.3) is 0 Å². The topological polar surface area (TPSA) is 39.1 Å². The van der Waals surface area contributed by atoms with Gasteiger partial charge in [-0.2, -0.15) is 5.10 Å². The van der Waals surface area contributed by atoms with Gasteiger partial charge in [0, 0.05) is 19.7 Å². The molecule has 104 valence electrons. The maximum atomic E-state index is 5.50. The van der Waals surface area contributed by atoms with Crippen molar-refractivity contribution < 1.29 is 4.74 Å². The summed E-state index contributed by atoms with van der Waals surface area (Å²) in [4.78, 5) is 0. The highest BCUT2D eigenvalue weighted by Gasteiger charge is 2.02. The molecule has 0 fully saturated rings. The first-order chi connectivity index (χ1) is 8.63. The van der Waals surface area contributed by atoms with E-state index in [-0.39, 0.29) is 0 Å². The highest BCUT2D eigenvalue weighted by molar-refractivity contribution is 5.08. The number of unbranched alkanes of at least 4 members (excludes halogenated alkanes) is 1. The first kappa shape index (κ1) is 15.2. The molecule has 0 atom stereocenters. The van der Waals surface area contributed by atoms with E-state index in [4.69, 9.17) is 4.74 Å². The van der Waals surface area contributed by atoms with Crippen molar-refractivity contribution in [1.29, 1.82) is 0 Å². The summed E-state index contributed by atoms with van der Waals surface area (Å²) in [6.45, 7) is 12.1. The second-order valence-corrected chi connectivity index (χ2v) is 4.90. The van der Waals surface area contributed by atoms with Crippen molar-refractivity contribution >= 4 is 0 Å². The first-order valence-electron chi connectivity index (χ1n) is 6.99. The molecule has 0 saturated carbocycles. The van der Waals surface area contributed by atoms with Gasteiger partial charge in [-0.25, -0.2) is 0 Å². The van der Waals surface area contributed by atoms with Gasteiger partial charge in [0.1, 0.15) is 0 Å². The van der Waals surface area contributed by atoms with E-state index >= 15 is 0 Å². The number of ether oxygens (including phenoxy) is 1. The Hall–Kier alpha value is -0.870. The fourth-order valence-electron chi connectivity index (χ4n) is 1.90. The van der Waals surface area contributed by atoms with Crippen LogP contribution >= 0.6 is 0 Å². The summed E-state index contributed by atoms with van der Waals surface area (Å²) < 4.78 is 7.56. The quantitative estimate of drug-likeness (QED) is 0.687. The van der Waals surface area contributed by atoms with E-state index in [1.165, 1.54) is 5.69 Å². The van der Waals surface area contributed by atoms with Crippen molar-refractivity contribution in [2.45, 2.75) is 59.7 Å². The number of aryl methyl sites for hydroxylation is 2. The summed E-state index contributed by atoms with van der Waals surface area (Å²) in [5, 5.41) is 7.89.